The predicted octanol–water partition coefficient (Wildman–Crippen LogP) is 2.74. The first-order valence-corrected chi connectivity index (χ1v) is 9.75. The zero-order valence-electron chi connectivity index (χ0n) is 16.6. The number of hydrogen-bond donors (Lipinski definition) is 3. The number of nitrogens with zero attached hydrogens (tertiary/aromatic N) is 4. The van der Waals surface area contributed by atoms with E-state index in [1.54, 1.807) is 18.3 Å². The van der Waals surface area contributed by atoms with Crippen molar-refractivity contribution < 1.29 is 4.79 Å². The van der Waals surface area contributed by atoms with Crippen molar-refractivity contribution in [2.45, 2.75) is 45.6 Å². The standard InChI is InChI=1S/C21H27N7O/c1-15(11-16-7-9-17(10-8-16)20(22)29)13-28-14-19(26-27-28)6-4-2-3-5-18-12-24-21(23)25-18/h7-12,14H,2-6,13H2,1H3,(H2,22,29)(H3,23,24,25)/b15-11+. The quantitative estimate of drug-likeness (QED) is 0.456. The lowest BCUT2D eigenvalue weighted by atomic mass is 10.1. The molecule has 0 aliphatic carbocycles. The molecule has 0 spiro atoms. The van der Waals surface area contributed by atoms with Crippen LogP contribution in [0, 0.1) is 0 Å². The number of imidazole rings is 1. The number of benzene rings is 1. The van der Waals surface area contributed by atoms with Crippen LogP contribution in [0.3, 0.4) is 0 Å². The Morgan fingerprint density at radius 3 is 2.62 bits per heavy atom. The first-order valence-electron chi connectivity index (χ1n) is 9.75. The van der Waals surface area contributed by atoms with Crippen LogP contribution in [0.15, 0.2) is 42.2 Å². The lowest BCUT2D eigenvalue weighted by molar-refractivity contribution is 0.100. The van der Waals surface area contributed by atoms with E-state index in [0.717, 1.165) is 54.6 Å². The molecule has 0 aliphatic rings. The minimum absolute atomic E-state index is 0.418. The van der Waals surface area contributed by atoms with Gasteiger partial charge in [-0.1, -0.05) is 35.4 Å². The second-order valence-corrected chi connectivity index (χ2v) is 7.24. The van der Waals surface area contributed by atoms with E-state index >= 15 is 0 Å². The number of allylic oxidation sites excluding steroid dienone is 1. The Bertz CT molecular complexity index is 969. The fourth-order valence-corrected chi connectivity index (χ4v) is 3.16. The van der Waals surface area contributed by atoms with Gasteiger partial charge >= 0.3 is 0 Å². The van der Waals surface area contributed by atoms with Crippen molar-refractivity contribution in [3.8, 4) is 0 Å². The Balaban J connectivity index is 1.42. The van der Waals surface area contributed by atoms with Crippen LogP contribution in [0.1, 0.15) is 53.5 Å². The van der Waals surface area contributed by atoms with Gasteiger partial charge in [-0.05, 0) is 50.3 Å². The molecule has 0 fully saturated rings. The average molecular weight is 393 g/mol. The summed E-state index contributed by atoms with van der Waals surface area (Å²) < 4.78 is 1.85. The maximum atomic E-state index is 11.1. The number of aromatic amines is 1. The molecule has 2 aromatic heterocycles. The largest absolute Gasteiger partial charge is 0.369 e. The van der Waals surface area contributed by atoms with Gasteiger partial charge in [0, 0.05) is 17.5 Å². The zero-order chi connectivity index (χ0) is 20.6. The minimum Gasteiger partial charge on any atom is -0.369 e. The summed E-state index contributed by atoms with van der Waals surface area (Å²) in [5.41, 5.74) is 15.6. The van der Waals surface area contributed by atoms with Crippen LogP contribution in [0.4, 0.5) is 5.95 Å². The number of unbranched alkanes of at least 4 members (excludes halogenated alkanes) is 2. The van der Waals surface area contributed by atoms with Crippen molar-refractivity contribution in [2.75, 3.05) is 5.73 Å². The van der Waals surface area contributed by atoms with E-state index in [1.165, 1.54) is 0 Å². The Labute approximate surface area is 170 Å². The van der Waals surface area contributed by atoms with Crippen LogP contribution < -0.4 is 11.5 Å². The summed E-state index contributed by atoms with van der Waals surface area (Å²) in [6, 6.07) is 7.23. The Kier molecular flexibility index (Phi) is 6.78. The van der Waals surface area contributed by atoms with Gasteiger partial charge in [0.2, 0.25) is 5.91 Å². The van der Waals surface area contributed by atoms with E-state index < -0.39 is 5.91 Å². The molecular weight excluding hydrogens is 366 g/mol. The van der Waals surface area contributed by atoms with Gasteiger partial charge in [-0.15, -0.1) is 5.10 Å². The highest BCUT2D eigenvalue weighted by Crippen LogP contribution is 2.11. The first-order chi connectivity index (χ1) is 14.0. The maximum absolute atomic E-state index is 11.1. The molecule has 8 heteroatoms. The lowest BCUT2D eigenvalue weighted by Gasteiger charge is -2.02. The number of amides is 1. The summed E-state index contributed by atoms with van der Waals surface area (Å²) in [6.45, 7) is 2.72. The van der Waals surface area contributed by atoms with Gasteiger partial charge in [0.1, 0.15) is 0 Å². The zero-order valence-corrected chi connectivity index (χ0v) is 16.6. The molecule has 0 atom stereocenters. The fraction of sp³-hybridized carbons (Fsp3) is 0.333. The molecule has 0 radical (unpaired) electrons. The number of nitrogens with one attached hydrogen (secondary N) is 1. The third-order valence-electron chi connectivity index (χ3n) is 4.63. The molecule has 0 saturated carbocycles. The number of H-pyrrole nitrogens is 1. The van der Waals surface area contributed by atoms with Crippen LogP contribution in [0.5, 0.6) is 0 Å². The molecule has 2 heterocycles. The molecule has 29 heavy (non-hydrogen) atoms. The van der Waals surface area contributed by atoms with Crippen LogP contribution >= 0.6 is 0 Å². The van der Waals surface area contributed by atoms with Crippen molar-refractivity contribution in [1.29, 1.82) is 0 Å². The number of nitrogens with two attached hydrogens (primary N) is 2. The second kappa shape index (κ2) is 9.68. The number of hydrogen-bond acceptors (Lipinski definition) is 5. The van der Waals surface area contributed by atoms with E-state index in [9.17, 15) is 4.79 Å². The number of rotatable bonds is 10. The van der Waals surface area contributed by atoms with Gasteiger partial charge in [0.05, 0.1) is 18.4 Å². The SMILES string of the molecule is C/C(=C\c1ccc(C(N)=O)cc1)Cn1cc(CCCCCc2cnc(N)[nH]2)nn1. The van der Waals surface area contributed by atoms with Crippen molar-refractivity contribution in [3.05, 3.63) is 64.7 Å². The van der Waals surface area contributed by atoms with Crippen molar-refractivity contribution in [3.63, 3.8) is 0 Å². The van der Waals surface area contributed by atoms with Crippen LogP contribution in [0.25, 0.3) is 6.08 Å². The molecule has 8 nitrogen and oxygen atoms in total. The first kappa shape index (κ1) is 20.3. The summed E-state index contributed by atoms with van der Waals surface area (Å²) >= 11 is 0. The van der Waals surface area contributed by atoms with Crippen molar-refractivity contribution >= 4 is 17.9 Å². The predicted molar refractivity (Wildman–Crippen MR) is 113 cm³/mol. The number of aromatic nitrogens is 5. The summed E-state index contributed by atoms with van der Waals surface area (Å²) in [5.74, 6) is 0.0574. The van der Waals surface area contributed by atoms with Gasteiger partial charge in [0.15, 0.2) is 5.95 Å². The van der Waals surface area contributed by atoms with Crippen molar-refractivity contribution in [1.82, 2.24) is 25.0 Å². The van der Waals surface area contributed by atoms with E-state index in [-0.39, 0.29) is 0 Å². The summed E-state index contributed by atoms with van der Waals surface area (Å²) in [4.78, 5) is 18.2. The van der Waals surface area contributed by atoms with Crippen LogP contribution in [-0.2, 0) is 19.4 Å². The lowest BCUT2D eigenvalue weighted by Crippen LogP contribution is -2.10. The smallest absolute Gasteiger partial charge is 0.248 e. The fourth-order valence-electron chi connectivity index (χ4n) is 3.16. The highest BCUT2D eigenvalue weighted by Gasteiger charge is 2.03. The number of carbonyl (C=O) groups excluding carboxylic acids is 1. The summed E-state index contributed by atoms with van der Waals surface area (Å²) in [6.07, 6.45) is 11.0. The highest BCUT2D eigenvalue weighted by atomic mass is 16.1. The molecule has 5 N–H and O–H groups in total. The van der Waals surface area contributed by atoms with Gasteiger partial charge in [-0.3, -0.25) is 4.79 Å². The van der Waals surface area contributed by atoms with Crippen LogP contribution in [-0.4, -0.2) is 30.9 Å². The number of anilines is 1. The average Bonchev–Trinajstić information content (AvgIpc) is 3.30. The number of aryl methyl sites for hydroxylation is 2. The van der Waals surface area contributed by atoms with Gasteiger partial charge in [0.25, 0.3) is 0 Å². The third kappa shape index (κ3) is 6.31. The van der Waals surface area contributed by atoms with Gasteiger partial charge in [-0.2, -0.15) is 0 Å². The van der Waals surface area contributed by atoms with E-state index in [2.05, 4.69) is 26.4 Å². The molecule has 0 aliphatic heterocycles. The van der Waals surface area contributed by atoms with E-state index in [4.69, 9.17) is 11.5 Å². The normalized spacial score (nSPS) is 11.7. The van der Waals surface area contributed by atoms with E-state index in [0.29, 0.717) is 18.1 Å². The van der Waals surface area contributed by atoms with Crippen molar-refractivity contribution in [2.24, 2.45) is 5.73 Å². The Morgan fingerprint density at radius 1 is 1.17 bits per heavy atom. The van der Waals surface area contributed by atoms with Gasteiger partial charge < -0.3 is 16.5 Å². The summed E-state index contributed by atoms with van der Waals surface area (Å²) in [5, 5.41) is 8.49. The highest BCUT2D eigenvalue weighted by molar-refractivity contribution is 5.92. The molecule has 152 valence electrons. The Morgan fingerprint density at radius 2 is 1.93 bits per heavy atom. The molecule has 0 bridgehead atoms. The van der Waals surface area contributed by atoms with Crippen LogP contribution in [0.2, 0.25) is 0 Å². The molecular formula is C21H27N7O. The van der Waals surface area contributed by atoms with Gasteiger partial charge in [-0.25, -0.2) is 9.67 Å². The molecule has 1 aromatic carbocycles. The molecule has 1 amide bonds. The topological polar surface area (TPSA) is 128 Å². The molecule has 0 unspecified atom stereocenters. The number of carbonyl (C=O) groups is 1. The molecule has 0 saturated heterocycles. The molecule has 3 rings (SSSR count). The second-order valence-electron chi connectivity index (χ2n) is 7.24. The molecule has 3 aromatic rings. The summed E-state index contributed by atoms with van der Waals surface area (Å²) in [7, 11) is 0. The number of primary amides is 1. The Hall–Kier alpha value is -3.42. The maximum Gasteiger partial charge on any atom is 0.248 e. The number of nitrogen functional groups attached to an aromatic ring is 1. The monoisotopic (exact) mass is 393 g/mol. The third-order valence-corrected chi connectivity index (χ3v) is 4.63. The van der Waals surface area contributed by atoms with E-state index in [1.807, 2.05) is 29.9 Å². The minimum atomic E-state index is -0.418.